The Bertz CT molecular complexity index is 94.6. The van der Waals surface area contributed by atoms with Crippen molar-refractivity contribution in [1.29, 1.82) is 0 Å². The van der Waals surface area contributed by atoms with E-state index < -0.39 is 12.1 Å². The lowest BCUT2D eigenvalue weighted by Crippen LogP contribution is -2.20. The molecule has 0 saturated heterocycles. The van der Waals surface area contributed by atoms with Crippen LogP contribution >= 0.6 is 9.47 Å². The van der Waals surface area contributed by atoms with Gasteiger partial charge in [0.2, 0.25) is 0 Å². The molecular formula is C4H9O4P. The van der Waals surface area contributed by atoms with Gasteiger partial charge in [0.15, 0.2) is 6.10 Å². The molecule has 0 saturated carbocycles. The molecule has 0 aliphatic heterocycles. The van der Waals surface area contributed by atoms with Crippen molar-refractivity contribution < 1.29 is 19.5 Å². The van der Waals surface area contributed by atoms with Gasteiger partial charge in [0.1, 0.15) is 0 Å². The minimum absolute atomic E-state index is 0.124. The average Bonchev–Trinajstić information content (AvgIpc) is 1.82. The van der Waals surface area contributed by atoms with Crippen molar-refractivity contribution in [2.45, 2.75) is 12.5 Å². The van der Waals surface area contributed by atoms with E-state index in [2.05, 4.69) is 4.52 Å². The first-order valence-electron chi connectivity index (χ1n) is 2.41. The molecule has 2 N–H and O–H groups in total. The fourth-order valence-corrected chi connectivity index (χ4v) is 0.439. The summed E-state index contributed by atoms with van der Waals surface area (Å²) in [6.07, 6.45) is -1.18. The van der Waals surface area contributed by atoms with Crippen molar-refractivity contribution in [3.8, 4) is 0 Å². The van der Waals surface area contributed by atoms with Crippen molar-refractivity contribution in [3.05, 3.63) is 0 Å². The molecule has 0 fully saturated rings. The summed E-state index contributed by atoms with van der Waals surface area (Å²) < 4.78 is 4.46. The molecular weight excluding hydrogens is 143 g/mol. The van der Waals surface area contributed by atoms with Crippen LogP contribution in [0.3, 0.4) is 0 Å². The summed E-state index contributed by atoms with van der Waals surface area (Å²) in [5, 5.41) is 16.7. The number of aliphatic carboxylic acids is 1. The number of carboxylic acid groups (broad SMARTS) is 1. The van der Waals surface area contributed by atoms with Crippen LogP contribution in [0.5, 0.6) is 0 Å². The Morgan fingerprint density at radius 1 is 1.78 bits per heavy atom. The lowest BCUT2D eigenvalue weighted by molar-refractivity contribution is -0.147. The smallest absolute Gasteiger partial charge is 0.332 e. The second-order valence-electron chi connectivity index (χ2n) is 1.51. The Kier molecular flexibility index (Phi) is 4.58. The Hall–Kier alpha value is -0.180. The van der Waals surface area contributed by atoms with Crippen LogP contribution in [0.2, 0.25) is 0 Å². The predicted molar refractivity (Wildman–Crippen MR) is 33.9 cm³/mol. The molecule has 5 heteroatoms. The van der Waals surface area contributed by atoms with Gasteiger partial charge in [0, 0.05) is 15.9 Å². The summed E-state index contributed by atoms with van der Waals surface area (Å²) in [7, 11) is 1.97. The molecule has 0 bridgehead atoms. The van der Waals surface area contributed by atoms with E-state index in [0.717, 1.165) is 0 Å². The monoisotopic (exact) mass is 152 g/mol. The van der Waals surface area contributed by atoms with E-state index >= 15 is 0 Å². The van der Waals surface area contributed by atoms with Gasteiger partial charge in [0.05, 0.1) is 6.61 Å². The number of carboxylic acids is 1. The number of carbonyl (C=O) groups is 1. The second kappa shape index (κ2) is 4.68. The minimum Gasteiger partial charge on any atom is -0.479 e. The lowest BCUT2D eigenvalue weighted by Gasteiger charge is -2.01. The van der Waals surface area contributed by atoms with Crippen molar-refractivity contribution in [2.75, 3.05) is 6.61 Å². The summed E-state index contributed by atoms with van der Waals surface area (Å²) in [6.45, 7) is 0.234. The van der Waals surface area contributed by atoms with Crippen LogP contribution < -0.4 is 0 Å². The maximum absolute atomic E-state index is 9.89. The molecule has 0 heterocycles. The average molecular weight is 152 g/mol. The van der Waals surface area contributed by atoms with Crippen LogP contribution in [0.1, 0.15) is 6.42 Å². The summed E-state index contributed by atoms with van der Waals surface area (Å²) in [5.74, 6) is -1.21. The molecule has 0 aliphatic carbocycles. The molecule has 0 aromatic rings. The van der Waals surface area contributed by atoms with E-state index in [-0.39, 0.29) is 13.0 Å². The van der Waals surface area contributed by atoms with E-state index in [9.17, 15) is 4.79 Å². The van der Waals surface area contributed by atoms with Crippen LogP contribution in [0, 0.1) is 0 Å². The minimum atomic E-state index is -1.30. The van der Waals surface area contributed by atoms with Crippen molar-refractivity contribution in [3.63, 3.8) is 0 Å². The van der Waals surface area contributed by atoms with E-state index in [0.29, 0.717) is 0 Å². The summed E-state index contributed by atoms with van der Waals surface area (Å²) in [6, 6.07) is 0. The van der Waals surface area contributed by atoms with Gasteiger partial charge in [-0.15, -0.1) is 0 Å². The summed E-state index contributed by atoms with van der Waals surface area (Å²) in [4.78, 5) is 9.89. The Morgan fingerprint density at radius 2 is 2.33 bits per heavy atom. The molecule has 4 nitrogen and oxygen atoms in total. The molecule has 0 amide bonds. The third-order valence-electron chi connectivity index (χ3n) is 0.794. The maximum Gasteiger partial charge on any atom is 0.332 e. The van der Waals surface area contributed by atoms with Crippen LogP contribution in [0.15, 0.2) is 0 Å². The van der Waals surface area contributed by atoms with Crippen molar-refractivity contribution >= 4 is 15.4 Å². The number of hydrogen-bond donors (Lipinski definition) is 2. The third-order valence-corrected chi connectivity index (χ3v) is 1.03. The van der Waals surface area contributed by atoms with E-state index in [1.54, 1.807) is 0 Å². The Labute approximate surface area is 55.1 Å². The highest BCUT2D eigenvalue weighted by molar-refractivity contribution is 7.09. The summed E-state index contributed by atoms with van der Waals surface area (Å²) in [5.41, 5.74) is 0. The normalized spacial score (nSPS) is 13.1. The highest BCUT2D eigenvalue weighted by atomic mass is 31.0. The van der Waals surface area contributed by atoms with Crippen LogP contribution in [0.4, 0.5) is 0 Å². The largest absolute Gasteiger partial charge is 0.479 e. The molecule has 0 aromatic carbocycles. The molecule has 9 heavy (non-hydrogen) atoms. The molecule has 2 atom stereocenters. The topological polar surface area (TPSA) is 66.8 Å². The Balaban J connectivity index is 3.27. The summed E-state index contributed by atoms with van der Waals surface area (Å²) >= 11 is 0. The van der Waals surface area contributed by atoms with Gasteiger partial charge >= 0.3 is 5.97 Å². The van der Waals surface area contributed by atoms with Crippen molar-refractivity contribution in [2.24, 2.45) is 0 Å². The van der Waals surface area contributed by atoms with Gasteiger partial charge < -0.3 is 14.7 Å². The zero-order chi connectivity index (χ0) is 7.28. The highest BCUT2D eigenvalue weighted by Gasteiger charge is 2.11. The number of aliphatic hydroxyl groups is 1. The number of aliphatic hydroxyl groups excluding tert-OH is 1. The molecule has 0 aliphatic rings. The maximum atomic E-state index is 9.89. The Morgan fingerprint density at radius 3 is 2.67 bits per heavy atom. The van der Waals surface area contributed by atoms with Gasteiger partial charge in [-0.1, -0.05) is 0 Å². The van der Waals surface area contributed by atoms with Gasteiger partial charge in [-0.05, 0) is 0 Å². The van der Waals surface area contributed by atoms with E-state index in [1.165, 1.54) is 0 Å². The zero-order valence-corrected chi connectivity index (χ0v) is 5.93. The van der Waals surface area contributed by atoms with Crippen LogP contribution in [-0.2, 0) is 9.32 Å². The highest BCUT2D eigenvalue weighted by Crippen LogP contribution is 1.94. The molecule has 0 spiro atoms. The molecule has 0 rings (SSSR count). The first-order chi connectivity index (χ1) is 4.18. The van der Waals surface area contributed by atoms with Gasteiger partial charge in [-0.3, -0.25) is 0 Å². The molecule has 2 unspecified atom stereocenters. The SMILES string of the molecule is O=C(O)C(O)CCOP. The van der Waals surface area contributed by atoms with Crippen LogP contribution in [0.25, 0.3) is 0 Å². The first kappa shape index (κ1) is 8.82. The van der Waals surface area contributed by atoms with Crippen LogP contribution in [-0.4, -0.2) is 28.9 Å². The van der Waals surface area contributed by atoms with Crippen molar-refractivity contribution in [1.82, 2.24) is 0 Å². The molecule has 0 radical (unpaired) electrons. The zero-order valence-electron chi connectivity index (χ0n) is 4.78. The van der Waals surface area contributed by atoms with Gasteiger partial charge in [-0.25, -0.2) is 4.79 Å². The number of hydrogen-bond acceptors (Lipinski definition) is 3. The fraction of sp³-hybridized carbons (Fsp3) is 0.750. The standard InChI is InChI=1S/C4H9O4P/c5-3(4(6)7)1-2-8-9/h3,5H,1-2,9H2,(H,6,7). The predicted octanol–water partition coefficient (Wildman–Crippen LogP) is -0.371. The van der Waals surface area contributed by atoms with Gasteiger partial charge in [0.25, 0.3) is 0 Å². The first-order valence-corrected chi connectivity index (χ1v) is 2.88. The second-order valence-corrected chi connectivity index (χ2v) is 1.85. The fourth-order valence-electron chi connectivity index (χ4n) is 0.303. The number of rotatable bonds is 4. The molecule has 54 valence electrons. The third kappa shape index (κ3) is 4.33. The van der Waals surface area contributed by atoms with E-state index in [1.807, 2.05) is 9.47 Å². The quantitative estimate of drug-likeness (QED) is 0.539. The van der Waals surface area contributed by atoms with Gasteiger partial charge in [-0.2, -0.15) is 0 Å². The lowest BCUT2D eigenvalue weighted by atomic mass is 10.3. The van der Waals surface area contributed by atoms with E-state index in [4.69, 9.17) is 10.2 Å². The molecule has 0 aromatic heterocycles.